The van der Waals surface area contributed by atoms with E-state index in [1.807, 2.05) is 23.9 Å². The van der Waals surface area contributed by atoms with E-state index < -0.39 is 0 Å². The average molecular weight is 275 g/mol. The second-order valence-electron chi connectivity index (χ2n) is 4.67. The lowest BCUT2D eigenvalue weighted by Crippen LogP contribution is -2.33. The number of likely N-dealkylation sites (N-methyl/N-ethyl adjacent to an activating group) is 1. The van der Waals surface area contributed by atoms with Gasteiger partial charge in [-0.3, -0.25) is 0 Å². The summed E-state index contributed by atoms with van der Waals surface area (Å²) in [4.78, 5) is 1.34. The predicted octanol–water partition coefficient (Wildman–Crippen LogP) is 3.90. The monoisotopic (exact) mass is 275 g/mol. The first-order chi connectivity index (χ1) is 9.28. The minimum atomic E-state index is 0.446. The van der Waals surface area contributed by atoms with E-state index in [4.69, 9.17) is 4.42 Å². The molecule has 1 N–H and O–H groups in total. The van der Waals surface area contributed by atoms with Gasteiger partial charge in [-0.05, 0) is 37.7 Å². The highest BCUT2D eigenvalue weighted by atomic mass is 32.2. The number of rotatable bonds is 7. The Morgan fingerprint density at radius 3 is 2.84 bits per heavy atom. The van der Waals surface area contributed by atoms with Crippen molar-refractivity contribution in [3.05, 3.63) is 54.0 Å². The molecule has 2 nitrogen and oxygen atoms in total. The van der Waals surface area contributed by atoms with Crippen molar-refractivity contribution in [1.29, 1.82) is 0 Å². The van der Waals surface area contributed by atoms with Crippen molar-refractivity contribution in [3.63, 3.8) is 0 Å². The van der Waals surface area contributed by atoms with Crippen molar-refractivity contribution in [1.82, 2.24) is 5.32 Å². The Balaban J connectivity index is 1.89. The van der Waals surface area contributed by atoms with Crippen LogP contribution in [0.3, 0.4) is 0 Å². The van der Waals surface area contributed by atoms with Gasteiger partial charge >= 0.3 is 0 Å². The Labute approximate surface area is 119 Å². The first-order valence-corrected chi connectivity index (χ1v) is 7.71. The van der Waals surface area contributed by atoms with Crippen molar-refractivity contribution in [2.45, 2.75) is 31.2 Å². The van der Waals surface area contributed by atoms with E-state index >= 15 is 0 Å². The summed E-state index contributed by atoms with van der Waals surface area (Å²) in [7, 11) is 0. The number of thioether (sulfide) groups is 1. The Morgan fingerprint density at radius 2 is 2.16 bits per heavy atom. The molecule has 1 aromatic heterocycles. The van der Waals surface area contributed by atoms with E-state index in [1.165, 1.54) is 10.5 Å². The predicted molar refractivity (Wildman–Crippen MR) is 81.8 cm³/mol. The lowest BCUT2D eigenvalue weighted by atomic mass is 10.2. The highest BCUT2D eigenvalue weighted by Crippen LogP contribution is 2.20. The van der Waals surface area contributed by atoms with Gasteiger partial charge < -0.3 is 9.73 Å². The number of hydrogen-bond acceptors (Lipinski definition) is 3. The van der Waals surface area contributed by atoms with E-state index in [0.29, 0.717) is 6.04 Å². The highest BCUT2D eigenvalue weighted by Gasteiger charge is 2.10. The van der Waals surface area contributed by atoms with Gasteiger partial charge in [0.05, 0.1) is 6.26 Å². The third-order valence-electron chi connectivity index (χ3n) is 2.96. The first kappa shape index (κ1) is 14.2. The zero-order valence-electron chi connectivity index (χ0n) is 11.6. The van der Waals surface area contributed by atoms with Crippen LogP contribution in [0.4, 0.5) is 0 Å². The average Bonchev–Trinajstić information content (AvgIpc) is 2.89. The van der Waals surface area contributed by atoms with Gasteiger partial charge in [0.15, 0.2) is 0 Å². The lowest BCUT2D eigenvalue weighted by Gasteiger charge is -2.16. The SMILES string of the molecule is CCNC(CSc1cccc(C)c1)Cc1ccco1. The maximum Gasteiger partial charge on any atom is 0.105 e. The molecule has 0 aliphatic heterocycles. The normalized spacial score (nSPS) is 12.5. The van der Waals surface area contributed by atoms with Crippen LogP contribution in [0.15, 0.2) is 52.0 Å². The summed E-state index contributed by atoms with van der Waals surface area (Å²) in [5, 5.41) is 3.52. The molecule has 0 spiro atoms. The van der Waals surface area contributed by atoms with Crippen LogP contribution in [0.5, 0.6) is 0 Å². The molecule has 0 bridgehead atoms. The molecule has 1 aromatic carbocycles. The van der Waals surface area contributed by atoms with Crippen LogP contribution < -0.4 is 5.32 Å². The molecule has 1 heterocycles. The first-order valence-electron chi connectivity index (χ1n) is 6.73. The van der Waals surface area contributed by atoms with E-state index in [0.717, 1.165) is 24.5 Å². The van der Waals surface area contributed by atoms with Gasteiger partial charge in [0, 0.05) is 23.1 Å². The van der Waals surface area contributed by atoms with Crippen LogP contribution in [-0.2, 0) is 6.42 Å². The van der Waals surface area contributed by atoms with Gasteiger partial charge in [-0.15, -0.1) is 11.8 Å². The third-order valence-corrected chi connectivity index (χ3v) is 4.12. The molecular formula is C16H21NOS. The molecular weight excluding hydrogens is 254 g/mol. The van der Waals surface area contributed by atoms with Gasteiger partial charge in [0.1, 0.15) is 5.76 Å². The Hall–Kier alpha value is -1.19. The standard InChI is InChI=1S/C16H21NOS/c1-3-17-14(11-15-7-5-9-18-15)12-19-16-8-4-6-13(2)10-16/h4-10,14,17H,3,11-12H2,1-2H3. The molecule has 1 unspecified atom stereocenters. The van der Waals surface area contributed by atoms with E-state index in [1.54, 1.807) is 6.26 Å². The van der Waals surface area contributed by atoms with Crippen molar-refractivity contribution >= 4 is 11.8 Å². The minimum Gasteiger partial charge on any atom is -0.469 e. The molecule has 0 saturated carbocycles. The summed E-state index contributed by atoms with van der Waals surface area (Å²) < 4.78 is 5.43. The van der Waals surface area contributed by atoms with Crippen molar-refractivity contribution in [3.8, 4) is 0 Å². The fraction of sp³-hybridized carbons (Fsp3) is 0.375. The summed E-state index contributed by atoms with van der Waals surface area (Å²) in [5.74, 6) is 2.11. The van der Waals surface area contributed by atoms with Crippen LogP contribution in [0.25, 0.3) is 0 Å². The highest BCUT2D eigenvalue weighted by molar-refractivity contribution is 7.99. The Bertz CT molecular complexity index is 481. The number of nitrogens with one attached hydrogen (secondary N) is 1. The fourth-order valence-electron chi connectivity index (χ4n) is 2.05. The van der Waals surface area contributed by atoms with Crippen LogP contribution >= 0.6 is 11.8 Å². The van der Waals surface area contributed by atoms with Crippen molar-refractivity contribution < 1.29 is 4.42 Å². The van der Waals surface area contributed by atoms with E-state index in [9.17, 15) is 0 Å². The molecule has 0 aliphatic carbocycles. The molecule has 0 amide bonds. The number of aryl methyl sites for hydroxylation is 1. The van der Waals surface area contributed by atoms with E-state index in [-0.39, 0.29) is 0 Å². The molecule has 0 aliphatic rings. The Morgan fingerprint density at radius 1 is 1.26 bits per heavy atom. The zero-order chi connectivity index (χ0) is 13.5. The summed E-state index contributed by atoms with van der Waals surface area (Å²) in [6, 6.07) is 13.1. The quantitative estimate of drug-likeness (QED) is 0.776. The van der Waals surface area contributed by atoms with Gasteiger partial charge in [-0.2, -0.15) is 0 Å². The second-order valence-corrected chi connectivity index (χ2v) is 5.76. The summed E-state index contributed by atoms with van der Waals surface area (Å²) >= 11 is 1.90. The largest absolute Gasteiger partial charge is 0.469 e. The van der Waals surface area contributed by atoms with Crippen molar-refractivity contribution in [2.75, 3.05) is 12.3 Å². The van der Waals surface area contributed by atoms with Gasteiger partial charge in [-0.1, -0.05) is 24.6 Å². The van der Waals surface area contributed by atoms with E-state index in [2.05, 4.69) is 43.4 Å². The topological polar surface area (TPSA) is 25.2 Å². The molecule has 3 heteroatoms. The van der Waals surface area contributed by atoms with Crippen molar-refractivity contribution in [2.24, 2.45) is 0 Å². The summed E-state index contributed by atoms with van der Waals surface area (Å²) in [5.41, 5.74) is 1.32. The maximum atomic E-state index is 5.43. The summed E-state index contributed by atoms with van der Waals surface area (Å²) in [6.07, 6.45) is 2.69. The molecule has 0 saturated heterocycles. The zero-order valence-corrected chi connectivity index (χ0v) is 12.4. The maximum absolute atomic E-state index is 5.43. The third kappa shape index (κ3) is 4.77. The van der Waals surface area contributed by atoms with Gasteiger partial charge in [-0.25, -0.2) is 0 Å². The molecule has 2 rings (SSSR count). The van der Waals surface area contributed by atoms with Crippen LogP contribution in [0.1, 0.15) is 18.2 Å². The van der Waals surface area contributed by atoms with Crippen LogP contribution in [0.2, 0.25) is 0 Å². The molecule has 102 valence electrons. The fourth-order valence-corrected chi connectivity index (χ4v) is 3.13. The molecule has 19 heavy (non-hydrogen) atoms. The number of furan rings is 1. The Kier molecular flexibility index (Phi) is 5.55. The summed E-state index contributed by atoms with van der Waals surface area (Å²) in [6.45, 7) is 5.26. The molecule has 0 radical (unpaired) electrons. The molecule has 1 atom stereocenters. The van der Waals surface area contributed by atoms with Crippen LogP contribution in [-0.4, -0.2) is 18.3 Å². The minimum absolute atomic E-state index is 0.446. The number of benzene rings is 1. The van der Waals surface area contributed by atoms with Gasteiger partial charge in [0.2, 0.25) is 0 Å². The van der Waals surface area contributed by atoms with Gasteiger partial charge in [0.25, 0.3) is 0 Å². The smallest absolute Gasteiger partial charge is 0.105 e. The molecule has 2 aromatic rings. The number of hydrogen-bond donors (Lipinski definition) is 1. The molecule has 0 fully saturated rings. The second kappa shape index (κ2) is 7.41. The van der Waals surface area contributed by atoms with Crippen LogP contribution in [0, 0.1) is 6.92 Å². The lowest BCUT2D eigenvalue weighted by molar-refractivity contribution is 0.465.